The van der Waals surface area contributed by atoms with Crippen molar-refractivity contribution >= 4 is 39.3 Å². The molecule has 0 fully saturated rings. The van der Waals surface area contributed by atoms with Crippen molar-refractivity contribution in [1.82, 2.24) is 9.97 Å². The minimum absolute atomic E-state index is 0.738. The van der Waals surface area contributed by atoms with E-state index in [2.05, 4.69) is 49.0 Å². The van der Waals surface area contributed by atoms with Crippen LogP contribution in [0.2, 0.25) is 0 Å². The number of rotatable bonds is 7. The van der Waals surface area contributed by atoms with Crippen LogP contribution in [0.1, 0.15) is 39.0 Å². The van der Waals surface area contributed by atoms with Crippen LogP contribution in [0.3, 0.4) is 0 Å². The second-order valence-corrected chi connectivity index (χ2v) is 7.40. The fourth-order valence-electron chi connectivity index (χ4n) is 1.86. The summed E-state index contributed by atoms with van der Waals surface area (Å²) in [6.45, 7) is 9.65. The maximum Gasteiger partial charge on any atom is 0.225 e. The Balaban J connectivity index is 2.30. The van der Waals surface area contributed by atoms with Crippen molar-refractivity contribution in [2.24, 2.45) is 5.92 Å². The molecule has 2 aromatic heterocycles. The molecule has 0 unspecified atom stereocenters. The highest BCUT2D eigenvalue weighted by molar-refractivity contribution is 7.99. The molecule has 0 aliphatic heterocycles. The molecule has 0 saturated carbocycles. The number of thioether (sulfide) groups is 1. The summed E-state index contributed by atoms with van der Waals surface area (Å²) in [7, 11) is 0. The molecule has 20 heavy (non-hydrogen) atoms. The third-order valence-corrected chi connectivity index (χ3v) is 5.22. The Kier molecular flexibility index (Phi) is 5.66. The molecule has 0 radical (unpaired) electrons. The summed E-state index contributed by atoms with van der Waals surface area (Å²) in [6, 6.07) is 2.26. The van der Waals surface area contributed by atoms with Gasteiger partial charge in [-0.2, -0.15) is 0 Å². The van der Waals surface area contributed by atoms with Crippen LogP contribution >= 0.6 is 23.1 Å². The van der Waals surface area contributed by atoms with E-state index in [0.717, 1.165) is 40.4 Å². The summed E-state index contributed by atoms with van der Waals surface area (Å²) in [4.78, 5) is 11.8. The van der Waals surface area contributed by atoms with Gasteiger partial charge in [0, 0.05) is 16.8 Å². The first kappa shape index (κ1) is 15.6. The topological polar surface area (TPSA) is 37.8 Å². The molecule has 0 aromatic carbocycles. The lowest BCUT2D eigenvalue weighted by Crippen LogP contribution is -2.02. The van der Waals surface area contributed by atoms with Crippen molar-refractivity contribution in [2.45, 2.75) is 45.6 Å². The number of nitrogens with zero attached hydrogens (tertiary/aromatic N) is 2. The molecule has 0 amide bonds. The van der Waals surface area contributed by atoms with Crippen LogP contribution < -0.4 is 5.32 Å². The Morgan fingerprint density at radius 2 is 2.10 bits per heavy atom. The molecule has 0 saturated heterocycles. The van der Waals surface area contributed by atoms with Gasteiger partial charge in [0.2, 0.25) is 5.95 Å². The van der Waals surface area contributed by atoms with E-state index in [1.807, 2.05) is 11.8 Å². The Morgan fingerprint density at radius 3 is 2.75 bits per heavy atom. The summed E-state index contributed by atoms with van der Waals surface area (Å²) in [5, 5.41) is 5.59. The molecular formula is C15H23N3S2. The smallest absolute Gasteiger partial charge is 0.225 e. The number of anilines is 1. The van der Waals surface area contributed by atoms with Crippen LogP contribution in [-0.2, 0) is 6.42 Å². The second-order valence-electron chi connectivity index (χ2n) is 5.20. The average Bonchev–Trinajstić information content (AvgIpc) is 2.82. The maximum absolute atomic E-state index is 4.68. The molecule has 0 spiro atoms. The molecule has 2 aromatic rings. The van der Waals surface area contributed by atoms with Gasteiger partial charge in [0.15, 0.2) is 0 Å². The van der Waals surface area contributed by atoms with Crippen LogP contribution in [0.25, 0.3) is 10.2 Å². The van der Waals surface area contributed by atoms with E-state index >= 15 is 0 Å². The molecule has 2 heterocycles. The van der Waals surface area contributed by atoms with E-state index in [4.69, 9.17) is 0 Å². The summed E-state index contributed by atoms with van der Waals surface area (Å²) in [5.74, 6) is 2.62. The van der Waals surface area contributed by atoms with E-state index in [-0.39, 0.29) is 0 Å². The molecule has 110 valence electrons. The van der Waals surface area contributed by atoms with Gasteiger partial charge < -0.3 is 5.32 Å². The normalized spacial score (nSPS) is 11.4. The zero-order chi connectivity index (χ0) is 14.5. The van der Waals surface area contributed by atoms with Gasteiger partial charge >= 0.3 is 0 Å². The number of aromatic nitrogens is 2. The largest absolute Gasteiger partial charge is 0.354 e. The first-order chi connectivity index (χ1) is 9.63. The number of fused-ring (bicyclic) bond motifs is 1. The number of nitrogens with one attached hydrogen (secondary N) is 1. The zero-order valence-corrected chi connectivity index (χ0v) is 14.3. The van der Waals surface area contributed by atoms with Crippen molar-refractivity contribution in [3.05, 3.63) is 10.9 Å². The third kappa shape index (κ3) is 3.85. The SMILES string of the molecule is CCNc1nc(SCCC(C)C)c2cc(CC)sc2n1. The van der Waals surface area contributed by atoms with Gasteiger partial charge in [0.1, 0.15) is 9.86 Å². The highest BCUT2D eigenvalue weighted by Crippen LogP contribution is 2.33. The molecule has 0 aliphatic rings. The quantitative estimate of drug-likeness (QED) is 0.587. The van der Waals surface area contributed by atoms with Gasteiger partial charge in [-0.1, -0.05) is 20.8 Å². The standard InChI is InChI=1S/C15H23N3S2/c1-5-11-9-12-13(19-8-7-10(3)4)17-15(16-6-2)18-14(12)20-11/h9-10H,5-8H2,1-4H3,(H,16,17,18). The first-order valence-corrected chi connectivity index (χ1v) is 9.11. The predicted molar refractivity (Wildman–Crippen MR) is 91.1 cm³/mol. The second kappa shape index (κ2) is 7.27. The van der Waals surface area contributed by atoms with Crippen LogP contribution in [0, 0.1) is 5.92 Å². The third-order valence-electron chi connectivity index (χ3n) is 3.03. The first-order valence-electron chi connectivity index (χ1n) is 7.31. The monoisotopic (exact) mass is 309 g/mol. The van der Waals surface area contributed by atoms with Crippen LogP contribution in [0.15, 0.2) is 11.1 Å². The number of hydrogen-bond acceptors (Lipinski definition) is 5. The molecule has 0 atom stereocenters. The fourth-order valence-corrected chi connectivity index (χ4v) is 4.13. The number of thiophene rings is 1. The van der Waals surface area contributed by atoms with Crippen molar-refractivity contribution in [2.75, 3.05) is 17.6 Å². The van der Waals surface area contributed by atoms with Crippen molar-refractivity contribution in [3.63, 3.8) is 0 Å². The molecule has 5 heteroatoms. The predicted octanol–water partition coefficient (Wildman–Crippen LogP) is 4.82. The van der Waals surface area contributed by atoms with Crippen LogP contribution in [0.4, 0.5) is 5.95 Å². The lowest BCUT2D eigenvalue weighted by molar-refractivity contribution is 0.632. The Hall–Kier alpha value is -0.810. The van der Waals surface area contributed by atoms with Crippen molar-refractivity contribution in [1.29, 1.82) is 0 Å². The summed E-state index contributed by atoms with van der Waals surface area (Å²) in [6.07, 6.45) is 2.28. The Labute approximate surface area is 129 Å². The summed E-state index contributed by atoms with van der Waals surface area (Å²) < 4.78 is 0. The van der Waals surface area contributed by atoms with E-state index in [0.29, 0.717) is 0 Å². The number of aryl methyl sites for hydroxylation is 1. The lowest BCUT2D eigenvalue weighted by atomic mass is 10.2. The van der Waals surface area contributed by atoms with Gasteiger partial charge in [-0.15, -0.1) is 23.1 Å². The summed E-state index contributed by atoms with van der Waals surface area (Å²) >= 11 is 3.64. The highest BCUT2D eigenvalue weighted by Gasteiger charge is 2.11. The van der Waals surface area contributed by atoms with Crippen LogP contribution in [-0.4, -0.2) is 22.3 Å². The molecule has 0 bridgehead atoms. The molecule has 1 N–H and O–H groups in total. The fraction of sp³-hybridized carbons (Fsp3) is 0.600. The van der Waals surface area contributed by atoms with Crippen molar-refractivity contribution in [3.8, 4) is 0 Å². The van der Waals surface area contributed by atoms with E-state index in [1.54, 1.807) is 11.3 Å². The lowest BCUT2D eigenvalue weighted by Gasteiger charge is -2.07. The van der Waals surface area contributed by atoms with E-state index in [9.17, 15) is 0 Å². The van der Waals surface area contributed by atoms with Gasteiger partial charge in [-0.3, -0.25) is 0 Å². The van der Waals surface area contributed by atoms with E-state index in [1.165, 1.54) is 16.7 Å². The van der Waals surface area contributed by atoms with Gasteiger partial charge in [0.25, 0.3) is 0 Å². The van der Waals surface area contributed by atoms with Gasteiger partial charge in [0.05, 0.1) is 0 Å². The number of hydrogen-bond donors (Lipinski definition) is 1. The van der Waals surface area contributed by atoms with Gasteiger partial charge in [-0.05, 0) is 37.5 Å². The average molecular weight is 310 g/mol. The maximum atomic E-state index is 4.68. The van der Waals surface area contributed by atoms with E-state index < -0.39 is 0 Å². The van der Waals surface area contributed by atoms with Crippen molar-refractivity contribution < 1.29 is 0 Å². The Morgan fingerprint density at radius 1 is 1.30 bits per heavy atom. The molecule has 0 aliphatic carbocycles. The minimum Gasteiger partial charge on any atom is -0.354 e. The van der Waals surface area contributed by atoms with Crippen LogP contribution in [0.5, 0.6) is 0 Å². The Bertz CT molecular complexity index is 563. The highest BCUT2D eigenvalue weighted by atomic mass is 32.2. The molecular weight excluding hydrogens is 286 g/mol. The van der Waals surface area contributed by atoms with Gasteiger partial charge in [-0.25, -0.2) is 9.97 Å². The molecule has 2 rings (SSSR count). The zero-order valence-electron chi connectivity index (χ0n) is 12.7. The minimum atomic E-state index is 0.738. The molecule has 3 nitrogen and oxygen atoms in total. The summed E-state index contributed by atoms with van der Waals surface area (Å²) in [5.41, 5.74) is 0.